The van der Waals surface area contributed by atoms with Crippen molar-refractivity contribution >= 4 is 29.4 Å². The van der Waals surface area contributed by atoms with Crippen molar-refractivity contribution < 1.29 is 65.5 Å². The number of pyridine rings is 2. The summed E-state index contributed by atoms with van der Waals surface area (Å²) >= 11 is 0. The third-order valence-corrected chi connectivity index (χ3v) is 10.2. The largest absolute Gasteiger partial charge is 0.481 e. The average Bonchev–Trinajstić information content (AvgIpc) is 3.16. The molecule has 5 N–H and O–H groups in total. The van der Waals surface area contributed by atoms with Gasteiger partial charge in [0.25, 0.3) is 0 Å². The maximum atomic E-state index is 13.8. The summed E-state index contributed by atoms with van der Waals surface area (Å²) in [6.07, 6.45) is -9.86. The normalized spacial score (nSPS) is 18.5. The van der Waals surface area contributed by atoms with E-state index in [1.165, 1.54) is 40.0 Å². The molecule has 2 aliphatic heterocycles. The van der Waals surface area contributed by atoms with Gasteiger partial charge in [0.15, 0.2) is 0 Å². The Morgan fingerprint density at radius 1 is 0.933 bits per heavy atom. The Morgan fingerprint density at radius 2 is 1.53 bits per heavy atom. The maximum Gasteiger partial charge on any atom is 0.433 e. The Hall–Kier alpha value is -5.52. The first-order valence-electron chi connectivity index (χ1n) is 18.6. The van der Waals surface area contributed by atoms with Gasteiger partial charge in [-0.05, 0) is 94.5 Å². The molecule has 60 heavy (non-hydrogen) atoms. The van der Waals surface area contributed by atoms with Crippen LogP contribution < -0.4 is 15.5 Å². The van der Waals surface area contributed by atoms with Crippen molar-refractivity contribution in [2.24, 2.45) is 16.6 Å². The predicted octanol–water partition coefficient (Wildman–Crippen LogP) is 7.12. The fraction of sp³-hybridized carbons (Fsp3) is 0.500. The number of carboxylic acids is 2. The number of carbonyl (C=O) groups is 3. The fourth-order valence-corrected chi connectivity index (χ4v) is 6.56. The quantitative estimate of drug-likeness (QED) is 0.142. The minimum atomic E-state index is -4.85. The number of fused-ring (bicyclic) bond motifs is 1. The smallest absolute Gasteiger partial charge is 0.433 e. The minimum absolute atomic E-state index is 0.000949. The molecule has 20 heteroatoms. The maximum absolute atomic E-state index is 13.8. The van der Waals surface area contributed by atoms with E-state index in [4.69, 9.17) is 25.4 Å². The lowest BCUT2D eigenvalue weighted by atomic mass is 9.79. The number of nitrogens with two attached hydrogens (primary N) is 1. The number of benzene rings is 1. The van der Waals surface area contributed by atoms with Crippen LogP contribution in [0, 0.1) is 22.2 Å². The predicted molar refractivity (Wildman–Crippen MR) is 203 cm³/mol. The summed E-state index contributed by atoms with van der Waals surface area (Å²) in [7, 11) is 0. The van der Waals surface area contributed by atoms with Crippen molar-refractivity contribution in [1.82, 2.24) is 9.97 Å². The van der Waals surface area contributed by atoms with Crippen LogP contribution in [-0.2, 0) is 37.8 Å². The van der Waals surface area contributed by atoms with Crippen LogP contribution in [0.3, 0.4) is 0 Å². The molecule has 1 amide bonds. The molecule has 1 saturated heterocycles. The van der Waals surface area contributed by atoms with Crippen molar-refractivity contribution in [3.63, 3.8) is 0 Å². The van der Waals surface area contributed by atoms with Gasteiger partial charge in [-0.15, -0.1) is 0 Å². The molecule has 0 radical (unpaired) electrons. The Bertz CT molecular complexity index is 2090. The Morgan fingerprint density at radius 3 is 2.03 bits per heavy atom. The highest BCUT2D eigenvalue weighted by Crippen LogP contribution is 2.47. The zero-order valence-corrected chi connectivity index (χ0v) is 33.4. The van der Waals surface area contributed by atoms with Crippen LogP contribution in [-0.4, -0.2) is 88.5 Å². The van der Waals surface area contributed by atoms with Gasteiger partial charge in [-0.2, -0.15) is 31.6 Å². The van der Waals surface area contributed by atoms with Crippen molar-refractivity contribution in [3.05, 3.63) is 81.9 Å². The lowest BCUT2D eigenvalue weighted by molar-refractivity contribution is -0.155. The summed E-state index contributed by atoms with van der Waals surface area (Å²) in [5.41, 5.74) is 1.46. The Kier molecular flexibility index (Phi) is 14.1. The molecule has 14 nitrogen and oxygen atoms in total. The van der Waals surface area contributed by atoms with Gasteiger partial charge in [0.2, 0.25) is 0 Å². The third-order valence-electron chi connectivity index (χ3n) is 10.2. The van der Waals surface area contributed by atoms with Gasteiger partial charge in [0, 0.05) is 19.0 Å². The second-order valence-corrected chi connectivity index (χ2v) is 15.8. The van der Waals surface area contributed by atoms with E-state index in [0.29, 0.717) is 43.6 Å². The van der Waals surface area contributed by atoms with Crippen LogP contribution in [0.2, 0.25) is 0 Å². The molecule has 0 bridgehead atoms. The molecule has 4 heterocycles. The van der Waals surface area contributed by atoms with E-state index in [-0.39, 0.29) is 60.7 Å². The number of nitriles is 1. The number of aromatic nitrogens is 2. The van der Waals surface area contributed by atoms with Crippen molar-refractivity contribution in [1.29, 1.82) is 5.26 Å². The summed E-state index contributed by atoms with van der Waals surface area (Å²) < 4.78 is 93.2. The monoisotopic (exact) mass is 852 g/mol. The summed E-state index contributed by atoms with van der Waals surface area (Å²) in [4.78, 5) is 45.1. The highest BCUT2D eigenvalue weighted by Gasteiger charge is 2.48. The molecule has 3 aromatic rings. The number of nitrogens with zero attached hydrogens (tertiary/aromatic N) is 5. The number of hydrogen-bond acceptors (Lipinski definition) is 10. The van der Waals surface area contributed by atoms with Gasteiger partial charge in [0.1, 0.15) is 11.4 Å². The topological polar surface area (TPSA) is 212 Å². The van der Waals surface area contributed by atoms with E-state index in [2.05, 4.69) is 9.97 Å². The van der Waals surface area contributed by atoms with E-state index in [0.717, 1.165) is 23.1 Å². The summed E-state index contributed by atoms with van der Waals surface area (Å²) in [6.45, 7) is 9.61. The average molecular weight is 853 g/mol. The molecule has 0 spiro atoms. The van der Waals surface area contributed by atoms with Gasteiger partial charge in [-0.3, -0.25) is 19.5 Å². The number of alkyl halides is 6. The van der Waals surface area contributed by atoms with Crippen LogP contribution in [0.4, 0.5) is 42.5 Å². The number of halogens is 6. The van der Waals surface area contributed by atoms with Gasteiger partial charge in [0.05, 0.1) is 83.4 Å². The second kappa shape index (κ2) is 18.0. The van der Waals surface area contributed by atoms with Crippen LogP contribution in [0.5, 0.6) is 0 Å². The molecule has 5 rings (SSSR count). The molecule has 0 saturated carbocycles. The first-order valence-corrected chi connectivity index (χ1v) is 18.6. The van der Waals surface area contributed by atoms with Gasteiger partial charge < -0.3 is 35.4 Å². The van der Waals surface area contributed by atoms with Crippen LogP contribution in [0.15, 0.2) is 42.6 Å². The van der Waals surface area contributed by atoms with Gasteiger partial charge in [-0.25, -0.2) is 9.78 Å². The molecule has 0 aliphatic carbocycles. The molecule has 2 aliphatic rings. The van der Waals surface area contributed by atoms with Gasteiger partial charge >= 0.3 is 30.4 Å². The zero-order chi connectivity index (χ0) is 45.0. The highest BCUT2D eigenvalue weighted by atomic mass is 19.4. The minimum Gasteiger partial charge on any atom is -0.481 e. The Labute approximate surface area is 341 Å². The molecule has 0 unspecified atom stereocenters. The summed E-state index contributed by atoms with van der Waals surface area (Å²) in [5.74, 6) is -2.98. The Balaban J connectivity index is 0.000000451. The van der Waals surface area contributed by atoms with Gasteiger partial charge in [-0.1, -0.05) is 6.92 Å². The first kappa shape index (κ1) is 47.2. The van der Waals surface area contributed by atoms with Crippen LogP contribution in [0.25, 0.3) is 0 Å². The van der Waals surface area contributed by atoms with Crippen molar-refractivity contribution in [2.75, 3.05) is 49.3 Å². The highest BCUT2D eigenvalue weighted by molar-refractivity contribution is 5.89. The number of amides is 1. The standard InChI is InChI=1S/C30H28F6N6O3.C10H18O5/c1-2-28(38)14-22(26-23(42(28)27(43)44)3-4-24(40-26)30(34,35)36)25-19(13-21(16-39-25)41-5-7-45-8-6-41)10-17-9-18(15-37)12-20(11-17)29(31,32)33;1-9(2,7(11)12)5-15-6-10(3,4)8(13)14/h3-4,9,11-13,16,22H,2,5-8,10,14,38H2,1H3,(H,43,44);5-6H2,1-4H3,(H,11,12)(H,13,14)/t22-,28+;/m0./s1. The number of anilines is 2. The van der Waals surface area contributed by atoms with E-state index < -0.39 is 64.1 Å². The van der Waals surface area contributed by atoms with Crippen LogP contribution in [0.1, 0.15) is 92.7 Å². The second-order valence-electron chi connectivity index (χ2n) is 15.8. The van der Waals surface area contributed by atoms with Crippen LogP contribution >= 0.6 is 0 Å². The fourth-order valence-electron chi connectivity index (χ4n) is 6.56. The number of morpholine rings is 1. The molecule has 326 valence electrons. The number of rotatable bonds is 11. The molecule has 2 atom stereocenters. The van der Waals surface area contributed by atoms with E-state index in [1.807, 2.05) is 4.90 Å². The van der Waals surface area contributed by atoms with Crippen molar-refractivity contribution in [2.45, 2.75) is 77.8 Å². The number of ether oxygens (including phenoxy) is 2. The molecular formula is C40H46F6N6O8. The molecule has 1 fully saturated rings. The number of carboxylic acid groups (broad SMARTS) is 3. The summed E-state index contributed by atoms with van der Waals surface area (Å²) in [5, 5.41) is 37.1. The van der Waals surface area contributed by atoms with E-state index >= 15 is 0 Å². The van der Waals surface area contributed by atoms with E-state index in [1.54, 1.807) is 19.1 Å². The SMILES string of the molecule is CC(C)(COCC(C)(C)C(=O)O)C(=O)O.CC[C@]1(N)C[C@@H](c2ncc(N3CCOCC3)cc2Cc2cc(C#N)cc(C(F)(F)F)c2)c2nc(C(F)(F)F)ccc2N1C(=O)O. The molecule has 1 aromatic carbocycles. The third kappa shape index (κ3) is 11.0. The van der Waals surface area contributed by atoms with E-state index in [9.17, 15) is 51.1 Å². The number of aliphatic carboxylic acids is 2. The lowest BCUT2D eigenvalue weighted by Crippen LogP contribution is -2.61. The lowest BCUT2D eigenvalue weighted by Gasteiger charge is -2.46. The first-order chi connectivity index (χ1) is 27.7. The zero-order valence-electron chi connectivity index (χ0n) is 33.4. The molecule has 2 aromatic heterocycles. The summed E-state index contributed by atoms with van der Waals surface area (Å²) in [6, 6.07) is 8.07. The molecular weight excluding hydrogens is 806 g/mol. The number of hydrogen-bond donors (Lipinski definition) is 4. The van der Waals surface area contributed by atoms with Crippen molar-refractivity contribution in [3.8, 4) is 6.07 Å².